The first-order valence-electron chi connectivity index (χ1n) is 9.99. The lowest BCUT2D eigenvalue weighted by Crippen LogP contribution is -2.40. The van der Waals surface area contributed by atoms with Crippen LogP contribution in [0.4, 0.5) is 0 Å². The molecule has 0 bridgehead atoms. The second-order valence-corrected chi connectivity index (χ2v) is 9.52. The smallest absolute Gasteiger partial charge is 0.214 e. The maximum absolute atomic E-state index is 12.5. The normalized spacial score (nSPS) is 18.2. The number of rotatable bonds is 6. The van der Waals surface area contributed by atoms with Crippen LogP contribution >= 0.6 is 0 Å². The van der Waals surface area contributed by atoms with Crippen molar-refractivity contribution in [2.24, 2.45) is 0 Å². The lowest BCUT2D eigenvalue weighted by atomic mass is 9.99. The predicted octanol–water partition coefficient (Wildman–Crippen LogP) is 3.32. The van der Waals surface area contributed by atoms with Gasteiger partial charge in [0.15, 0.2) is 11.5 Å². The quantitative estimate of drug-likeness (QED) is 0.618. The number of fused-ring (bicyclic) bond motifs is 1. The van der Waals surface area contributed by atoms with Gasteiger partial charge < -0.3 is 4.74 Å². The van der Waals surface area contributed by atoms with Crippen molar-refractivity contribution >= 4 is 15.7 Å². The van der Waals surface area contributed by atoms with Crippen molar-refractivity contribution in [2.45, 2.75) is 32.1 Å². The van der Waals surface area contributed by atoms with Gasteiger partial charge in [-0.1, -0.05) is 19.1 Å². The number of ether oxygens (including phenoxy) is 1. The van der Waals surface area contributed by atoms with Crippen molar-refractivity contribution in [3.05, 3.63) is 48.4 Å². The predicted molar refractivity (Wildman–Crippen MR) is 113 cm³/mol. The molecule has 0 amide bonds. The van der Waals surface area contributed by atoms with Crippen molar-refractivity contribution in [1.82, 2.24) is 18.9 Å². The largest absolute Gasteiger partial charge is 0.497 e. The number of piperidine rings is 1. The van der Waals surface area contributed by atoms with Gasteiger partial charge in [-0.25, -0.2) is 22.2 Å². The van der Waals surface area contributed by atoms with E-state index in [0.29, 0.717) is 25.3 Å². The first-order valence-corrected chi connectivity index (χ1v) is 11.6. The Morgan fingerprint density at radius 2 is 2.07 bits per heavy atom. The molecule has 1 fully saturated rings. The zero-order valence-corrected chi connectivity index (χ0v) is 17.6. The first-order chi connectivity index (χ1) is 14.0. The molecule has 0 N–H and O–H groups in total. The molecule has 0 unspecified atom stereocenters. The van der Waals surface area contributed by atoms with Gasteiger partial charge in [-0.15, -0.1) is 0 Å². The highest BCUT2D eigenvalue weighted by molar-refractivity contribution is 7.89. The minimum absolute atomic E-state index is 0.0237. The van der Waals surface area contributed by atoms with E-state index in [1.165, 1.54) is 0 Å². The van der Waals surface area contributed by atoms with Crippen molar-refractivity contribution in [3.63, 3.8) is 0 Å². The number of pyridine rings is 1. The van der Waals surface area contributed by atoms with Gasteiger partial charge in [0.2, 0.25) is 10.0 Å². The summed E-state index contributed by atoms with van der Waals surface area (Å²) in [6.45, 7) is 2.94. The van der Waals surface area contributed by atoms with Crippen LogP contribution in [0.2, 0.25) is 0 Å². The molecular weight excluding hydrogens is 388 g/mol. The van der Waals surface area contributed by atoms with Crippen LogP contribution in [-0.2, 0) is 10.0 Å². The van der Waals surface area contributed by atoms with E-state index in [-0.39, 0.29) is 11.7 Å². The second kappa shape index (κ2) is 8.12. The molecule has 154 valence electrons. The fourth-order valence-electron chi connectivity index (χ4n) is 3.84. The summed E-state index contributed by atoms with van der Waals surface area (Å²) in [5, 5.41) is 4.68. The van der Waals surface area contributed by atoms with Crippen LogP contribution in [0.1, 0.15) is 37.9 Å². The van der Waals surface area contributed by atoms with Crippen molar-refractivity contribution in [2.75, 3.05) is 26.0 Å². The van der Waals surface area contributed by atoms with Crippen molar-refractivity contribution < 1.29 is 13.2 Å². The number of nitrogens with zero attached hydrogens (tertiary/aromatic N) is 4. The zero-order valence-electron chi connectivity index (χ0n) is 16.8. The minimum Gasteiger partial charge on any atom is -0.497 e. The summed E-state index contributed by atoms with van der Waals surface area (Å²) < 4.78 is 33.6. The molecule has 3 heterocycles. The van der Waals surface area contributed by atoms with E-state index in [2.05, 4.69) is 10.1 Å². The fraction of sp³-hybridized carbons (Fsp3) is 0.429. The summed E-state index contributed by atoms with van der Waals surface area (Å²) in [7, 11) is -1.54. The SMILES string of the molecule is CCCS(=O)(=O)N1CCC[C@H](c2nc3ccc(-c4cccc(OC)c4)cn3n2)C1. The van der Waals surface area contributed by atoms with Crippen LogP contribution in [0.25, 0.3) is 16.8 Å². The van der Waals surface area contributed by atoms with E-state index in [9.17, 15) is 8.42 Å². The fourth-order valence-corrected chi connectivity index (χ4v) is 5.43. The molecule has 1 atom stereocenters. The summed E-state index contributed by atoms with van der Waals surface area (Å²) >= 11 is 0. The third kappa shape index (κ3) is 4.13. The number of aromatic nitrogens is 3. The number of benzene rings is 1. The zero-order chi connectivity index (χ0) is 20.4. The Balaban J connectivity index is 1.60. The highest BCUT2D eigenvalue weighted by atomic mass is 32.2. The Kier molecular flexibility index (Phi) is 5.56. The molecule has 29 heavy (non-hydrogen) atoms. The Morgan fingerprint density at radius 1 is 1.21 bits per heavy atom. The topological polar surface area (TPSA) is 76.8 Å². The van der Waals surface area contributed by atoms with Crippen LogP contribution in [0.15, 0.2) is 42.6 Å². The standard InChI is InChI=1S/C21H26N4O3S/c1-3-12-29(26,27)24-11-5-7-18(14-24)21-22-20-10-9-17(15-25(20)23-21)16-6-4-8-19(13-16)28-2/h4,6,8-10,13,15,18H,3,5,7,11-12,14H2,1-2H3/t18-/m0/s1. The Bertz CT molecular complexity index is 1110. The van der Waals surface area contributed by atoms with Crippen LogP contribution in [0.3, 0.4) is 0 Å². The molecule has 1 aliphatic rings. The molecule has 1 aromatic carbocycles. The molecule has 4 rings (SSSR count). The highest BCUT2D eigenvalue weighted by Gasteiger charge is 2.31. The maximum Gasteiger partial charge on any atom is 0.214 e. The Hall–Kier alpha value is -2.45. The molecule has 0 aliphatic carbocycles. The molecule has 8 heteroatoms. The summed E-state index contributed by atoms with van der Waals surface area (Å²) in [6, 6.07) is 11.8. The van der Waals surface area contributed by atoms with Crippen molar-refractivity contribution in [3.8, 4) is 16.9 Å². The Morgan fingerprint density at radius 3 is 2.86 bits per heavy atom. The third-order valence-corrected chi connectivity index (χ3v) is 7.40. The molecule has 1 saturated heterocycles. The molecule has 0 spiro atoms. The number of hydrogen-bond donors (Lipinski definition) is 0. The van der Waals surface area contributed by atoms with Gasteiger partial charge in [-0.2, -0.15) is 5.10 Å². The summed E-state index contributed by atoms with van der Waals surface area (Å²) in [6.07, 6.45) is 4.31. The first kappa shape index (κ1) is 19.8. The molecule has 0 radical (unpaired) electrons. The third-order valence-electron chi connectivity index (χ3n) is 5.36. The van der Waals surface area contributed by atoms with E-state index in [0.717, 1.165) is 35.4 Å². The van der Waals surface area contributed by atoms with Gasteiger partial charge in [0.1, 0.15) is 5.75 Å². The molecule has 1 aliphatic heterocycles. The van der Waals surface area contributed by atoms with Gasteiger partial charge in [0, 0.05) is 30.8 Å². The molecule has 3 aromatic rings. The van der Waals surface area contributed by atoms with E-state index in [1.807, 2.05) is 49.5 Å². The van der Waals surface area contributed by atoms with Gasteiger partial charge >= 0.3 is 0 Å². The van der Waals surface area contributed by atoms with E-state index in [1.54, 1.807) is 15.9 Å². The Labute approximate surface area is 171 Å². The van der Waals surface area contributed by atoms with Gasteiger partial charge in [0.25, 0.3) is 0 Å². The number of hydrogen-bond acceptors (Lipinski definition) is 5. The van der Waals surface area contributed by atoms with Gasteiger partial charge in [0.05, 0.1) is 12.9 Å². The maximum atomic E-state index is 12.5. The average molecular weight is 415 g/mol. The van der Waals surface area contributed by atoms with Crippen LogP contribution < -0.4 is 4.74 Å². The number of methoxy groups -OCH3 is 1. The van der Waals surface area contributed by atoms with Crippen LogP contribution in [-0.4, -0.2) is 53.3 Å². The number of sulfonamides is 1. The lowest BCUT2D eigenvalue weighted by Gasteiger charge is -2.30. The van der Waals surface area contributed by atoms with Crippen molar-refractivity contribution in [1.29, 1.82) is 0 Å². The van der Waals surface area contributed by atoms with Crippen LogP contribution in [0.5, 0.6) is 5.75 Å². The summed E-state index contributed by atoms with van der Waals surface area (Å²) in [5.74, 6) is 1.74. The molecule has 7 nitrogen and oxygen atoms in total. The average Bonchev–Trinajstić information content (AvgIpc) is 3.17. The van der Waals surface area contributed by atoms with E-state index >= 15 is 0 Å². The van der Waals surface area contributed by atoms with E-state index in [4.69, 9.17) is 4.74 Å². The lowest BCUT2D eigenvalue weighted by molar-refractivity contribution is 0.309. The van der Waals surface area contributed by atoms with E-state index < -0.39 is 10.0 Å². The molecule has 0 saturated carbocycles. The minimum atomic E-state index is -3.19. The highest BCUT2D eigenvalue weighted by Crippen LogP contribution is 2.28. The van der Waals surface area contributed by atoms with Gasteiger partial charge in [-0.3, -0.25) is 0 Å². The second-order valence-electron chi connectivity index (χ2n) is 7.44. The molecule has 2 aromatic heterocycles. The molecular formula is C21H26N4O3S. The summed E-state index contributed by atoms with van der Waals surface area (Å²) in [5.41, 5.74) is 2.82. The van der Waals surface area contributed by atoms with Gasteiger partial charge in [-0.05, 0) is 49.1 Å². The van der Waals surface area contributed by atoms with Crippen LogP contribution in [0, 0.1) is 0 Å². The monoisotopic (exact) mass is 414 g/mol. The summed E-state index contributed by atoms with van der Waals surface area (Å²) in [4.78, 5) is 4.67.